The van der Waals surface area contributed by atoms with Crippen LogP contribution in [0, 0.1) is 11.3 Å². The van der Waals surface area contributed by atoms with E-state index in [-0.39, 0.29) is 23.5 Å². The molecule has 1 saturated heterocycles. The number of fused-ring (bicyclic) bond motifs is 1. The van der Waals surface area contributed by atoms with E-state index in [1.807, 2.05) is 25.7 Å². The Morgan fingerprint density at radius 1 is 1.32 bits per heavy atom. The van der Waals surface area contributed by atoms with Gasteiger partial charge in [0, 0.05) is 31.6 Å². The second-order valence-electron chi connectivity index (χ2n) is 8.06. The number of carbonyl (C=O) groups is 2. The minimum absolute atomic E-state index is 0.0206. The zero-order valence-corrected chi connectivity index (χ0v) is 17.1. The first-order valence-corrected chi connectivity index (χ1v) is 9.78. The third-order valence-electron chi connectivity index (χ3n) is 4.79. The van der Waals surface area contributed by atoms with Gasteiger partial charge in [0.1, 0.15) is 17.1 Å². The van der Waals surface area contributed by atoms with Crippen molar-refractivity contribution in [3.8, 4) is 6.07 Å². The standard InChI is InChI=1S/C19H24ClN5O3/c1-19(2,3)28-18(27)25-10-9-24(11-12(25)7-8-21)16-13-5-4-6-14(26)15(13)22-17(20)23-16/h12H,4-7,9-11H2,1-3H3. The van der Waals surface area contributed by atoms with E-state index < -0.39 is 11.7 Å². The number of amides is 1. The maximum absolute atomic E-state index is 12.6. The number of rotatable bonds is 2. The summed E-state index contributed by atoms with van der Waals surface area (Å²) >= 11 is 6.08. The molecule has 1 aliphatic heterocycles. The van der Waals surface area contributed by atoms with Crippen molar-refractivity contribution in [1.82, 2.24) is 14.9 Å². The van der Waals surface area contributed by atoms with Crippen LogP contribution in [0.25, 0.3) is 0 Å². The molecule has 1 fully saturated rings. The zero-order chi connectivity index (χ0) is 20.5. The van der Waals surface area contributed by atoms with Crippen LogP contribution in [0.15, 0.2) is 0 Å². The Kier molecular flexibility index (Phi) is 5.75. The fraction of sp³-hybridized carbons (Fsp3) is 0.632. The Morgan fingerprint density at radius 3 is 2.75 bits per heavy atom. The topological polar surface area (TPSA) is 99.4 Å². The van der Waals surface area contributed by atoms with Gasteiger partial charge in [-0.2, -0.15) is 5.26 Å². The van der Waals surface area contributed by atoms with Crippen molar-refractivity contribution < 1.29 is 14.3 Å². The predicted molar refractivity (Wildman–Crippen MR) is 103 cm³/mol. The molecule has 150 valence electrons. The number of nitriles is 1. The van der Waals surface area contributed by atoms with Crippen molar-refractivity contribution in [3.63, 3.8) is 0 Å². The van der Waals surface area contributed by atoms with E-state index in [9.17, 15) is 14.9 Å². The van der Waals surface area contributed by atoms with Gasteiger partial charge in [-0.05, 0) is 45.2 Å². The van der Waals surface area contributed by atoms with Crippen LogP contribution in [0.1, 0.15) is 56.1 Å². The van der Waals surface area contributed by atoms with E-state index >= 15 is 0 Å². The van der Waals surface area contributed by atoms with Crippen LogP contribution in [0.5, 0.6) is 0 Å². The maximum atomic E-state index is 12.6. The Morgan fingerprint density at radius 2 is 2.07 bits per heavy atom. The average molecular weight is 406 g/mol. The number of hydrogen-bond acceptors (Lipinski definition) is 7. The summed E-state index contributed by atoms with van der Waals surface area (Å²) in [6.07, 6.45) is 1.68. The first kappa shape index (κ1) is 20.3. The van der Waals surface area contributed by atoms with Gasteiger partial charge in [-0.3, -0.25) is 4.79 Å². The normalized spacial score (nSPS) is 19.8. The number of nitrogens with zero attached hydrogens (tertiary/aromatic N) is 5. The molecule has 1 aliphatic carbocycles. The Hall–Kier alpha value is -2.40. The van der Waals surface area contributed by atoms with Crippen LogP contribution >= 0.6 is 11.6 Å². The van der Waals surface area contributed by atoms with Crippen LogP contribution in [0.2, 0.25) is 5.28 Å². The minimum atomic E-state index is -0.606. The molecule has 1 aromatic rings. The number of Topliss-reactive ketones (excluding diaryl/α,β-unsaturated/α-hetero) is 1. The van der Waals surface area contributed by atoms with E-state index in [1.54, 1.807) is 4.90 Å². The lowest BCUT2D eigenvalue weighted by Gasteiger charge is -2.42. The Labute approximate surface area is 169 Å². The molecule has 0 aromatic carbocycles. The van der Waals surface area contributed by atoms with E-state index in [0.29, 0.717) is 44.0 Å². The molecule has 0 bridgehead atoms. The SMILES string of the molecule is CC(C)(C)OC(=O)N1CCN(c2nc(Cl)nc3c2CCCC3=O)CC1CC#N. The van der Waals surface area contributed by atoms with Crippen molar-refractivity contribution >= 4 is 29.3 Å². The van der Waals surface area contributed by atoms with Gasteiger partial charge >= 0.3 is 6.09 Å². The van der Waals surface area contributed by atoms with Crippen LogP contribution in [0.4, 0.5) is 10.6 Å². The molecule has 0 N–H and O–H groups in total. The average Bonchev–Trinajstić information content (AvgIpc) is 2.60. The molecule has 28 heavy (non-hydrogen) atoms. The molecule has 1 amide bonds. The lowest BCUT2D eigenvalue weighted by Crippen LogP contribution is -2.56. The first-order chi connectivity index (χ1) is 13.2. The molecule has 0 saturated carbocycles. The number of halogens is 1. The first-order valence-electron chi connectivity index (χ1n) is 9.40. The number of piperazine rings is 1. The number of anilines is 1. The van der Waals surface area contributed by atoms with Gasteiger partial charge in [-0.15, -0.1) is 0 Å². The summed E-state index contributed by atoms with van der Waals surface area (Å²) in [4.78, 5) is 36.9. The zero-order valence-electron chi connectivity index (χ0n) is 16.4. The quantitative estimate of drug-likeness (QED) is 0.697. The van der Waals surface area contributed by atoms with Gasteiger partial charge in [0.2, 0.25) is 5.28 Å². The maximum Gasteiger partial charge on any atom is 0.410 e. The number of hydrogen-bond donors (Lipinski definition) is 0. The van der Waals surface area contributed by atoms with Crippen molar-refractivity contribution in [2.45, 2.75) is 58.1 Å². The van der Waals surface area contributed by atoms with Crippen molar-refractivity contribution in [3.05, 3.63) is 16.5 Å². The summed E-state index contributed by atoms with van der Waals surface area (Å²) in [6, 6.07) is 1.81. The summed E-state index contributed by atoms with van der Waals surface area (Å²) in [6.45, 7) is 6.76. The number of ketones is 1. The molecule has 0 radical (unpaired) electrons. The molecule has 2 aliphatic rings. The van der Waals surface area contributed by atoms with Crippen LogP contribution in [-0.4, -0.2) is 58.0 Å². The lowest BCUT2D eigenvalue weighted by atomic mass is 9.94. The van der Waals surface area contributed by atoms with Gasteiger partial charge in [0.15, 0.2) is 5.78 Å². The van der Waals surface area contributed by atoms with Gasteiger partial charge in [0.25, 0.3) is 0 Å². The van der Waals surface area contributed by atoms with Crippen LogP contribution < -0.4 is 4.90 Å². The molecular formula is C19H24ClN5O3. The van der Waals surface area contributed by atoms with E-state index in [1.165, 1.54) is 0 Å². The van der Waals surface area contributed by atoms with E-state index in [0.717, 1.165) is 12.0 Å². The van der Waals surface area contributed by atoms with Crippen LogP contribution in [0.3, 0.4) is 0 Å². The third kappa shape index (κ3) is 4.36. The molecule has 8 nitrogen and oxygen atoms in total. The monoisotopic (exact) mass is 405 g/mol. The number of carbonyl (C=O) groups excluding carboxylic acids is 2. The molecule has 3 rings (SSSR count). The molecule has 1 atom stereocenters. The van der Waals surface area contributed by atoms with Gasteiger partial charge in [-0.25, -0.2) is 14.8 Å². The highest BCUT2D eigenvalue weighted by molar-refractivity contribution is 6.28. The minimum Gasteiger partial charge on any atom is -0.444 e. The molecule has 1 aromatic heterocycles. The highest BCUT2D eigenvalue weighted by Crippen LogP contribution is 2.31. The fourth-order valence-corrected chi connectivity index (χ4v) is 3.77. The molecule has 2 heterocycles. The van der Waals surface area contributed by atoms with E-state index in [2.05, 4.69) is 16.0 Å². The Bertz CT molecular complexity index is 830. The van der Waals surface area contributed by atoms with Crippen molar-refractivity contribution in [2.24, 2.45) is 0 Å². The predicted octanol–water partition coefficient (Wildman–Crippen LogP) is 2.99. The second kappa shape index (κ2) is 7.92. The van der Waals surface area contributed by atoms with Gasteiger partial charge in [-0.1, -0.05) is 0 Å². The third-order valence-corrected chi connectivity index (χ3v) is 4.96. The molecule has 0 spiro atoms. The molecule has 1 unspecified atom stereocenters. The Balaban J connectivity index is 1.86. The molecular weight excluding hydrogens is 382 g/mol. The van der Waals surface area contributed by atoms with Gasteiger partial charge in [0.05, 0.1) is 18.5 Å². The highest BCUT2D eigenvalue weighted by Gasteiger charge is 2.35. The second-order valence-corrected chi connectivity index (χ2v) is 8.39. The summed E-state index contributed by atoms with van der Waals surface area (Å²) in [5.41, 5.74) is 0.597. The number of aromatic nitrogens is 2. The fourth-order valence-electron chi connectivity index (χ4n) is 3.60. The highest BCUT2D eigenvalue weighted by atomic mass is 35.5. The van der Waals surface area contributed by atoms with Crippen molar-refractivity contribution in [1.29, 1.82) is 5.26 Å². The van der Waals surface area contributed by atoms with Gasteiger partial charge < -0.3 is 14.5 Å². The van der Waals surface area contributed by atoms with E-state index in [4.69, 9.17) is 16.3 Å². The molecule has 9 heteroatoms. The lowest BCUT2D eigenvalue weighted by molar-refractivity contribution is 0.0145. The summed E-state index contributed by atoms with van der Waals surface area (Å²) in [7, 11) is 0. The van der Waals surface area contributed by atoms with Crippen LogP contribution in [-0.2, 0) is 11.2 Å². The largest absolute Gasteiger partial charge is 0.444 e. The number of ether oxygens (including phenoxy) is 1. The summed E-state index contributed by atoms with van der Waals surface area (Å²) in [5, 5.41) is 9.28. The van der Waals surface area contributed by atoms with Crippen molar-refractivity contribution in [2.75, 3.05) is 24.5 Å². The summed E-state index contributed by atoms with van der Waals surface area (Å²) < 4.78 is 5.49. The smallest absolute Gasteiger partial charge is 0.410 e. The summed E-state index contributed by atoms with van der Waals surface area (Å²) in [5.74, 6) is 0.614.